The second kappa shape index (κ2) is 11.6. The zero-order valence-corrected chi connectivity index (χ0v) is 16.6. The van der Waals surface area contributed by atoms with E-state index in [-0.39, 0.29) is 0 Å². The Labute approximate surface area is 152 Å². The number of nitrogens with zero attached hydrogens (tertiary/aromatic N) is 2. The van der Waals surface area contributed by atoms with E-state index >= 15 is 0 Å². The molecule has 6 nitrogen and oxygen atoms in total. The molecule has 1 unspecified atom stereocenters. The van der Waals surface area contributed by atoms with Gasteiger partial charge in [-0.2, -0.15) is 0 Å². The van der Waals surface area contributed by atoms with Crippen LogP contribution in [0.25, 0.3) is 0 Å². The summed E-state index contributed by atoms with van der Waals surface area (Å²) in [5.74, 6) is 2.34. The SMILES string of the molecule is CCN(CC)C(C)CNC(=NC)NCCc1ccc(OC)c(OC)c1. The first-order valence-corrected chi connectivity index (χ1v) is 8.98. The molecule has 0 aliphatic heterocycles. The molecular weight excluding hydrogens is 316 g/mol. The van der Waals surface area contributed by atoms with Crippen LogP contribution in [0.4, 0.5) is 0 Å². The highest BCUT2D eigenvalue weighted by atomic mass is 16.5. The van der Waals surface area contributed by atoms with Crippen LogP contribution in [0.15, 0.2) is 23.2 Å². The molecule has 142 valence electrons. The molecule has 0 radical (unpaired) electrons. The first kappa shape index (κ1) is 21.1. The quantitative estimate of drug-likeness (QED) is 0.500. The minimum atomic E-state index is 0.472. The number of methoxy groups -OCH3 is 2. The molecule has 0 bridgehead atoms. The molecule has 1 aromatic rings. The van der Waals surface area contributed by atoms with Gasteiger partial charge in [-0.05, 0) is 44.1 Å². The predicted molar refractivity (Wildman–Crippen MR) is 105 cm³/mol. The number of hydrogen-bond donors (Lipinski definition) is 2. The Bertz CT molecular complexity index is 530. The van der Waals surface area contributed by atoms with Crippen LogP contribution < -0.4 is 20.1 Å². The van der Waals surface area contributed by atoms with Crippen molar-refractivity contribution in [2.24, 2.45) is 4.99 Å². The van der Waals surface area contributed by atoms with Gasteiger partial charge in [0.2, 0.25) is 0 Å². The summed E-state index contributed by atoms with van der Waals surface area (Å²) in [6.45, 7) is 10.4. The second-order valence-electron chi connectivity index (χ2n) is 5.89. The molecule has 1 rings (SSSR count). The maximum Gasteiger partial charge on any atom is 0.191 e. The highest BCUT2D eigenvalue weighted by molar-refractivity contribution is 5.79. The Morgan fingerprint density at radius 2 is 1.80 bits per heavy atom. The highest BCUT2D eigenvalue weighted by Crippen LogP contribution is 2.27. The number of aliphatic imine (C=N–C) groups is 1. The van der Waals surface area contributed by atoms with Gasteiger partial charge in [0.15, 0.2) is 17.5 Å². The van der Waals surface area contributed by atoms with Crippen LogP contribution in [0.5, 0.6) is 11.5 Å². The maximum absolute atomic E-state index is 5.35. The van der Waals surface area contributed by atoms with Gasteiger partial charge in [-0.15, -0.1) is 0 Å². The Morgan fingerprint density at radius 1 is 1.12 bits per heavy atom. The summed E-state index contributed by atoms with van der Waals surface area (Å²) in [5, 5.41) is 6.76. The number of guanidine groups is 1. The molecule has 0 aliphatic rings. The number of ether oxygens (including phenoxy) is 2. The van der Waals surface area contributed by atoms with Gasteiger partial charge in [-0.3, -0.25) is 9.89 Å². The fraction of sp³-hybridized carbons (Fsp3) is 0.632. The van der Waals surface area contributed by atoms with Crippen LogP contribution in [0, 0.1) is 0 Å². The number of rotatable bonds is 10. The molecule has 6 heteroatoms. The minimum absolute atomic E-state index is 0.472. The standard InChI is InChI=1S/C19H34N4O2/c1-7-23(8-2)15(3)14-22-19(20-4)21-12-11-16-9-10-17(24-5)18(13-16)25-6/h9-10,13,15H,7-8,11-12,14H2,1-6H3,(H2,20,21,22). The molecule has 1 aromatic carbocycles. The van der Waals surface area contributed by atoms with E-state index < -0.39 is 0 Å². The van der Waals surface area contributed by atoms with Crippen LogP contribution in [-0.4, -0.2) is 64.3 Å². The third-order valence-electron chi connectivity index (χ3n) is 4.38. The van der Waals surface area contributed by atoms with Gasteiger partial charge < -0.3 is 20.1 Å². The zero-order chi connectivity index (χ0) is 18.7. The Hall–Kier alpha value is -1.95. The smallest absolute Gasteiger partial charge is 0.191 e. The topological polar surface area (TPSA) is 58.1 Å². The molecule has 0 aromatic heterocycles. The second-order valence-corrected chi connectivity index (χ2v) is 5.89. The molecule has 0 aliphatic carbocycles. The summed E-state index contributed by atoms with van der Waals surface area (Å²) in [5.41, 5.74) is 1.19. The van der Waals surface area contributed by atoms with Gasteiger partial charge >= 0.3 is 0 Å². The van der Waals surface area contributed by atoms with Crippen molar-refractivity contribution < 1.29 is 9.47 Å². The molecule has 0 saturated carbocycles. The van der Waals surface area contributed by atoms with E-state index in [0.717, 1.165) is 50.1 Å². The van der Waals surface area contributed by atoms with Crippen LogP contribution in [0.1, 0.15) is 26.3 Å². The third-order valence-corrected chi connectivity index (χ3v) is 4.38. The van der Waals surface area contributed by atoms with Crippen LogP contribution >= 0.6 is 0 Å². The molecule has 0 amide bonds. The van der Waals surface area contributed by atoms with Gasteiger partial charge in [-0.25, -0.2) is 0 Å². The highest BCUT2D eigenvalue weighted by Gasteiger charge is 2.10. The molecule has 1 atom stereocenters. The maximum atomic E-state index is 5.35. The Morgan fingerprint density at radius 3 is 2.36 bits per heavy atom. The monoisotopic (exact) mass is 350 g/mol. The molecular formula is C19H34N4O2. The first-order chi connectivity index (χ1) is 12.1. The normalized spacial score (nSPS) is 12.8. The molecule has 0 heterocycles. The number of nitrogens with one attached hydrogen (secondary N) is 2. The zero-order valence-electron chi connectivity index (χ0n) is 16.6. The molecule has 25 heavy (non-hydrogen) atoms. The lowest BCUT2D eigenvalue weighted by molar-refractivity contribution is 0.231. The van der Waals surface area contributed by atoms with Crippen molar-refractivity contribution in [2.75, 3.05) is 47.4 Å². The molecule has 0 spiro atoms. The van der Waals surface area contributed by atoms with Crippen molar-refractivity contribution in [3.05, 3.63) is 23.8 Å². The van der Waals surface area contributed by atoms with Crippen molar-refractivity contribution in [3.63, 3.8) is 0 Å². The summed E-state index contributed by atoms with van der Waals surface area (Å²) >= 11 is 0. The van der Waals surface area contributed by atoms with E-state index in [0.29, 0.717) is 6.04 Å². The lowest BCUT2D eigenvalue weighted by atomic mass is 10.1. The summed E-state index contributed by atoms with van der Waals surface area (Å²) in [7, 11) is 5.10. The molecule has 2 N–H and O–H groups in total. The summed E-state index contributed by atoms with van der Waals surface area (Å²) < 4.78 is 10.6. The fourth-order valence-electron chi connectivity index (χ4n) is 2.80. The van der Waals surface area contributed by atoms with Crippen LogP contribution in [0.2, 0.25) is 0 Å². The number of hydrogen-bond acceptors (Lipinski definition) is 4. The van der Waals surface area contributed by atoms with Gasteiger partial charge in [-0.1, -0.05) is 19.9 Å². The lowest BCUT2D eigenvalue weighted by Crippen LogP contribution is -2.46. The van der Waals surface area contributed by atoms with Crippen LogP contribution in [0.3, 0.4) is 0 Å². The van der Waals surface area contributed by atoms with E-state index in [2.05, 4.69) is 47.4 Å². The summed E-state index contributed by atoms with van der Waals surface area (Å²) in [6.07, 6.45) is 0.882. The third kappa shape index (κ3) is 6.82. The van der Waals surface area contributed by atoms with Crippen molar-refractivity contribution in [3.8, 4) is 11.5 Å². The number of benzene rings is 1. The van der Waals surface area contributed by atoms with E-state index in [4.69, 9.17) is 9.47 Å². The van der Waals surface area contributed by atoms with Gasteiger partial charge in [0.05, 0.1) is 14.2 Å². The predicted octanol–water partition coefficient (Wildman–Crippen LogP) is 2.14. The fourth-order valence-corrected chi connectivity index (χ4v) is 2.80. The van der Waals surface area contributed by atoms with E-state index in [9.17, 15) is 0 Å². The minimum Gasteiger partial charge on any atom is -0.493 e. The lowest BCUT2D eigenvalue weighted by Gasteiger charge is -2.27. The van der Waals surface area contributed by atoms with E-state index in [1.807, 2.05) is 12.1 Å². The van der Waals surface area contributed by atoms with Crippen molar-refractivity contribution in [2.45, 2.75) is 33.2 Å². The van der Waals surface area contributed by atoms with E-state index in [1.165, 1.54) is 5.56 Å². The Balaban J connectivity index is 2.45. The molecule has 0 fully saturated rings. The first-order valence-electron chi connectivity index (χ1n) is 8.98. The summed E-state index contributed by atoms with van der Waals surface area (Å²) in [4.78, 5) is 6.72. The van der Waals surface area contributed by atoms with Gasteiger partial charge in [0.1, 0.15) is 0 Å². The molecule has 0 saturated heterocycles. The van der Waals surface area contributed by atoms with Crippen molar-refractivity contribution in [1.29, 1.82) is 0 Å². The number of likely N-dealkylation sites (N-methyl/N-ethyl adjacent to an activating group) is 1. The summed E-state index contributed by atoms with van der Waals surface area (Å²) in [6, 6.07) is 6.48. The van der Waals surface area contributed by atoms with Crippen molar-refractivity contribution in [1.82, 2.24) is 15.5 Å². The Kier molecular flexibility index (Phi) is 9.77. The van der Waals surface area contributed by atoms with E-state index in [1.54, 1.807) is 21.3 Å². The average Bonchev–Trinajstić information content (AvgIpc) is 2.65. The van der Waals surface area contributed by atoms with Gasteiger partial charge in [0.25, 0.3) is 0 Å². The van der Waals surface area contributed by atoms with Gasteiger partial charge in [0, 0.05) is 26.2 Å². The average molecular weight is 351 g/mol. The van der Waals surface area contributed by atoms with Crippen molar-refractivity contribution >= 4 is 5.96 Å². The largest absolute Gasteiger partial charge is 0.493 e. The van der Waals surface area contributed by atoms with Crippen LogP contribution in [-0.2, 0) is 6.42 Å².